The van der Waals surface area contributed by atoms with Gasteiger partial charge in [-0.25, -0.2) is 0 Å². The van der Waals surface area contributed by atoms with Gasteiger partial charge in [0, 0.05) is 19.2 Å². The number of carbonyl (C=O) groups excluding carboxylic acids is 1. The van der Waals surface area contributed by atoms with E-state index >= 15 is 0 Å². The van der Waals surface area contributed by atoms with E-state index in [0.717, 1.165) is 32.4 Å². The Morgan fingerprint density at radius 2 is 2.14 bits per heavy atom. The molecule has 2 atom stereocenters. The summed E-state index contributed by atoms with van der Waals surface area (Å²) in [6, 6.07) is 10.6. The minimum Gasteiger partial charge on any atom is -0.465 e. The van der Waals surface area contributed by atoms with E-state index in [9.17, 15) is 9.90 Å². The number of esters is 1. The van der Waals surface area contributed by atoms with Crippen molar-refractivity contribution < 1.29 is 14.6 Å². The second kappa shape index (κ2) is 8.15. The summed E-state index contributed by atoms with van der Waals surface area (Å²) in [6.45, 7) is 4.60. The van der Waals surface area contributed by atoms with Gasteiger partial charge in [0.25, 0.3) is 0 Å². The molecule has 1 aromatic carbocycles. The summed E-state index contributed by atoms with van der Waals surface area (Å²) < 4.78 is 5.03. The van der Waals surface area contributed by atoms with E-state index in [0.29, 0.717) is 12.6 Å². The first kappa shape index (κ1) is 16.0. The number of rotatable bonds is 8. The van der Waals surface area contributed by atoms with Gasteiger partial charge in [-0.15, -0.1) is 0 Å². The van der Waals surface area contributed by atoms with Crippen LogP contribution in [0.1, 0.15) is 31.7 Å². The second-order valence-electron chi connectivity index (χ2n) is 5.76. The number of cyclic esters (lactones) is 1. The summed E-state index contributed by atoms with van der Waals surface area (Å²) in [4.78, 5) is 13.9. The Balaban J connectivity index is 1.93. The van der Waals surface area contributed by atoms with E-state index in [1.807, 2.05) is 18.2 Å². The molecule has 0 bridgehead atoms. The van der Waals surface area contributed by atoms with Crippen LogP contribution in [0.2, 0.25) is 0 Å². The third-order valence-electron chi connectivity index (χ3n) is 4.21. The van der Waals surface area contributed by atoms with Crippen LogP contribution in [0.4, 0.5) is 0 Å². The van der Waals surface area contributed by atoms with Gasteiger partial charge in [-0.1, -0.05) is 30.3 Å². The third-order valence-corrected chi connectivity index (χ3v) is 4.21. The Kier molecular flexibility index (Phi) is 6.21. The molecule has 1 N–H and O–H groups in total. The standard InChI is InChI=1S/C17H25NO3/c1-14(8-11-19)18(13-15-5-3-2-4-6-15)10-7-16-9-12-21-17(16)20/h2-6,14,16,19H,7-13H2,1H3. The highest BCUT2D eigenvalue weighted by Gasteiger charge is 2.27. The van der Waals surface area contributed by atoms with Crippen LogP contribution in [-0.4, -0.2) is 41.8 Å². The monoisotopic (exact) mass is 291 g/mol. The molecular formula is C17H25NO3. The van der Waals surface area contributed by atoms with Crippen LogP contribution in [0, 0.1) is 5.92 Å². The van der Waals surface area contributed by atoms with Crippen LogP contribution in [0.15, 0.2) is 30.3 Å². The van der Waals surface area contributed by atoms with Crippen molar-refractivity contribution in [3.63, 3.8) is 0 Å². The Labute approximate surface area is 126 Å². The molecular weight excluding hydrogens is 266 g/mol. The number of ether oxygens (including phenoxy) is 1. The van der Waals surface area contributed by atoms with Crippen molar-refractivity contribution in [3.8, 4) is 0 Å². The minimum absolute atomic E-state index is 0.0459. The Hall–Kier alpha value is -1.39. The molecule has 0 spiro atoms. The van der Waals surface area contributed by atoms with Gasteiger partial charge in [-0.3, -0.25) is 9.69 Å². The fourth-order valence-corrected chi connectivity index (χ4v) is 2.76. The average Bonchev–Trinajstić information content (AvgIpc) is 2.90. The number of aliphatic hydroxyl groups is 1. The number of carbonyl (C=O) groups is 1. The first-order valence-corrected chi connectivity index (χ1v) is 7.76. The molecule has 2 unspecified atom stereocenters. The van der Waals surface area contributed by atoms with Gasteiger partial charge in [-0.05, 0) is 38.3 Å². The summed E-state index contributed by atoms with van der Waals surface area (Å²) in [5, 5.41) is 9.17. The van der Waals surface area contributed by atoms with E-state index < -0.39 is 0 Å². The highest BCUT2D eigenvalue weighted by Crippen LogP contribution is 2.20. The van der Waals surface area contributed by atoms with Gasteiger partial charge in [-0.2, -0.15) is 0 Å². The summed E-state index contributed by atoms with van der Waals surface area (Å²) >= 11 is 0. The maximum atomic E-state index is 11.6. The highest BCUT2D eigenvalue weighted by atomic mass is 16.5. The molecule has 1 aliphatic rings. The van der Waals surface area contributed by atoms with Crippen molar-refractivity contribution in [3.05, 3.63) is 35.9 Å². The predicted octanol–water partition coefficient (Wildman–Crippen LogP) is 2.21. The van der Waals surface area contributed by atoms with Crippen molar-refractivity contribution in [1.29, 1.82) is 0 Å². The quantitative estimate of drug-likeness (QED) is 0.746. The van der Waals surface area contributed by atoms with Gasteiger partial charge in [0.2, 0.25) is 0 Å². The summed E-state index contributed by atoms with van der Waals surface area (Å²) in [5.74, 6) is -0.00549. The van der Waals surface area contributed by atoms with Crippen LogP contribution < -0.4 is 0 Å². The number of nitrogens with zero attached hydrogens (tertiary/aromatic N) is 1. The summed E-state index contributed by atoms with van der Waals surface area (Å²) in [7, 11) is 0. The molecule has 21 heavy (non-hydrogen) atoms. The predicted molar refractivity (Wildman–Crippen MR) is 81.7 cm³/mol. The molecule has 1 saturated heterocycles. The SMILES string of the molecule is CC(CCO)N(CCC1CCOC1=O)Cc1ccccc1. The molecule has 0 saturated carbocycles. The van der Waals surface area contributed by atoms with Crippen LogP contribution in [-0.2, 0) is 16.1 Å². The summed E-state index contributed by atoms with van der Waals surface area (Å²) in [6.07, 6.45) is 2.43. The van der Waals surface area contributed by atoms with E-state index in [1.165, 1.54) is 5.56 Å². The fraction of sp³-hybridized carbons (Fsp3) is 0.588. The maximum Gasteiger partial charge on any atom is 0.309 e. The molecule has 0 radical (unpaired) electrons. The third kappa shape index (κ3) is 4.83. The number of aliphatic hydroxyl groups excluding tert-OH is 1. The average molecular weight is 291 g/mol. The molecule has 0 amide bonds. The zero-order valence-corrected chi connectivity index (χ0v) is 12.7. The molecule has 1 fully saturated rings. The lowest BCUT2D eigenvalue weighted by Crippen LogP contribution is -2.35. The van der Waals surface area contributed by atoms with Crippen molar-refractivity contribution in [2.24, 2.45) is 5.92 Å². The van der Waals surface area contributed by atoms with Crippen molar-refractivity contribution in [1.82, 2.24) is 4.90 Å². The zero-order chi connectivity index (χ0) is 15.1. The zero-order valence-electron chi connectivity index (χ0n) is 12.7. The lowest BCUT2D eigenvalue weighted by molar-refractivity contribution is -0.141. The topological polar surface area (TPSA) is 49.8 Å². The minimum atomic E-state index is -0.0514. The smallest absolute Gasteiger partial charge is 0.309 e. The molecule has 4 heteroatoms. The van der Waals surface area contributed by atoms with Crippen LogP contribution >= 0.6 is 0 Å². The molecule has 1 aromatic rings. The normalized spacial score (nSPS) is 19.8. The number of hydrogen-bond acceptors (Lipinski definition) is 4. The Morgan fingerprint density at radius 3 is 2.76 bits per heavy atom. The Morgan fingerprint density at radius 1 is 1.38 bits per heavy atom. The lowest BCUT2D eigenvalue weighted by Gasteiger charge is -2.29. The maximum absolute atomic E-state index is 11.6. The van der Waals surface area contributed by atoms with Crippen LogP contribution in [0.25, 0.3) is 0 Å². The first-order chi connectivity index (χ1) is 10.2. The molecule has 1 aliphatic heterocycles. The van der Waals surface area contributed by atoms with E-state index in [-0.39, 0.29) is 18.5 Å². The number of benzene rings is 1. The van der Waals surface area contributed by atoms with Crippen LogP contribution in [0.3, 0.4) is 0 Å². The van der Waals surface area contributed by atoms with Crippen molar-refractivity contribution in [2.45, 2.75) is 38.8 Å². The van der Waals surface area contributed by atoms with Crippen molar-refractivity contribution in [2.75, 3.05) is 19.8 Å². The van der Waals surface area contributed by atoms with Gasteiger partial charge in [0.05, 0.1) is 12.5 Å². The van der Waals surface area contributed by atoms with Crippen LogP contribution in [0.5, 0.6) is 0 Å². The Bertz CT molecular complexity index is 435. The van der Waals surface area contributed by atoms with Gasteiger partial charge in [0.1, 0.15) is 0 Å². The molecule has 116 valence electrons. The molecule has 2 rings (SSSR count). The molecule has 4 nitrogen and oxygen atoms in total. The van der Waals surface area contributed by atoms with Crippen molar-refractivity contribution >= 4 is 5.97 Å². The highest BCUT2D eigenvalue weighted by molar-refractivity contribution is 5.74. The molecule has 0 aliphatic carbocycles. The fourth-order valence-electron chi connectivity index (χ4n) is 2.76. The van der Waals surface area contributed by atoms with Gasteiger partial charge < -0.3 is 9.84 Å². The lowest BCUT2D eigenvalue weighted by atomic mass is 10.0. The van der Waals surface area contributed by atoms with E-state index in [2.05, 4.69) is 24.0 Å². The molecule has 1 heterocycles. The molecule has 0 aromatic heterocycles. The van der Waals surface area contributed by atoms with Gasteiger partial charge >= 0.3 is 5.97 Å². The largest absolute Gasteiger partial charge is 0.465 e. The van der Waals surface area contributed by atoms with E-state index in [1.54, 1.807) is 0 Å². The first-order valence-electron chi connectivity index (χ1n) is 7.76. The van der Waals surface area contributed by atoms with Gasteiger partial charge in [0.15, 0.2) is 0 Å². The summed E-state index contributed by atoms with van der Waals surface area (Å²) in [5.41, 5.74) is 1.26. The van der Waals surface area contributed by atoms with E-state index in [4.69, 9.17) is 4.74 Å². The number of hydrogen-bond donors (Lipinski definition) is 1. The second-order valence-corrected chi connectivity index (χ2v) is 5.76.